The van der Waals surface area contributed by atoms with Crippen LogP contribution in [0.5, 0.6) is 0 Å². The molecule has 3 rings (SSSR count). The Labute approximate surface area is 156 Å². The molecule has 1 aliphatic heterocycles. The summed E-state index contributed by atoms with van der Waals surface area (Å²) in [5.74, 6) is 0.634. The van der Waals surface area contributed by atoms with Crippen LogP contribution >= 0.6 is 11.6 Å². The van der Waals surface area contributed by atoms with E-state index in [0.717, 1.165) is 18.4 Å². The average Bonchev–Trinajstić information content (AvgIpc) is 2.70. The molecule has 3 N–H and O–H groups in total. The average molecular weight is 371 g/mol. The number of hydrogen-bond donors (Lipinski definition) is 2. The largest absolute Gasteiger partial charge is 0.409 e. The van der Waals surface area contributed by atoms with Crippen LogP contribution in [-0.4, -0.2) is 34.3 Å². The predicted molar refractivity (Wildman–Crippen MR) is 99.2 cm³/mol. The van der Waals surface area contributed by atoms with Crippen LogP contribution < -0.4 is 10.6 Å². The van der Waals surface area contributed by atoms with Crippen molar-refractivity contribution in [1.82, 2.24) is 10.2 Å². The number of nitrogens with two attached hydrogens (primary N) is 1. The molecule has 1 aliphatic rings. The molecule has 2 heterocycles. The van der Waals surface area contributed by atoms with E-state index < -0.39 is 5.41 Å². The van der Waals surface area contributed by atoms with E-state index in [-0.39, 0.29) is 5.84 Å². The Balaban J connectivity index is 1.69. The number of nitrogens with zero attached hydrogens (tertiary/aromatic N) is 5. The first-order chi connectivity index (χ1) is 12.6. The van der Waals surface area contributed by atoms with Gasteiger partial charge in [-0.3, -0.25) is 0 Å². The minimum Gasteiger partial charge on any atom is -0.409 e. The van der Waals surface area contributed by atoms with Crippen LogP contribution in [0.2, 0.25) is 5.02 Å². The number of nitriles is 1. The number of piperidine rings is 1. The molecule has 1 aromatic heterocycles. The maximum absolute atomic E-state index is 9.78. The highest BCUT2D eigenvalue weighted by molar-refractivity contribution is 6.31. The highest BCUT2D eigenvalue weighted by Gasteiger charge is 2.35. The third-order valence-corrected chi connectivity index (χ3v) is 5.16. The van der Waals surface area contributed by atoms with E-state index in [2.05, 4.69) is 26.3 Å². The van der Waals surface area contributed by atoms with Crippen LogP contribution in [0.15, 0.2) is 41.6 Å². The number of hydrogen-bond acceptors (Lipinski definition) is 6. The van der Waals surface area contributed by atoms with Crippen LogP contribution in [0.25, 0.3) is 0 Å². The molecule has 26 heavy (non-hydrogen) atoms. The van der Waals surface area contributed by atoms with Crippen molar-refractivity contribution in [2.45, 2.75) is 19.3 Å². The summed E-state index contributed by atoms with van der Waals surface area (Å²) < 4.78 is 0. The predicted octanol–water partition coefficient (Wildman–Crippen LogP) is 2.58. The molecule has 7 nitrogen and oxygen atoms in total. The molecule has 0 bridgehead atoms. The normalized spacial score (nSPS) is 16.9. The van der Waals surface area contributed by atoms with Gasteiger partial charge in [-0.1, -0.05) is 35.0 Å². The Bertz CT molecular complexity index is 838. The van der Waals surface area contributed by atoms with E-state index in [9.17, 15) is 5.26 Å². The summed E-state index contributed by atoms with van der Waals surface area (Å²) in [7, 11) is 0. The number of amidine groups is 1. The third-order valence-electron chi connectivity index (χ3n) is 4.79. The van der Waals surface area contributed by atoms with Crippen molar-refractivity contribution in [2.75, 3.05) is 18.0 Å². The molecule has 0 aliphatic carbocycles. The number of aromatic nitrogens is 2. The summed E-state index contributed by atoms with van der Waals surface area (Å²) in [6.07, 6.45) is 2.09. The molecule has 0 amide bonds. The van der Waals surface area contributed by atoms with Gasteiger partial charge >= 0.3 is 0 Å². The van der Waals surface area contributed by atoms with Crippen LogP contribution in [0.3, 0.4) is 0 Å². The molecule has 0 atom stereocenters. The van der Waals surface area contributed by atoms with Gasteiger partial charge < -0.3 is 15.8 Å². The van der Waals surface area contributed by atoms with Crippen molar-refractivity contribution in [1.29, 1.82) is 5.26 Å². The van der Waals surface area contributed by atoms with Gasteiger partial charge in [-0.05, 0) is 43.0 Å². The van der Waals surface area contributed by atoms with Crippen LogP contribution in [0.4, 0.5) is 5.82 Å². The topological polar surface area (TPSA) is 111 Å². The van der Waals surface area contributed by atoms with Crippen molar-refractivity contribution in [3.05, 3.63) is 52.7 Å². The fourth-order valence-corrected chi connectivity index (χ4v) is 3.38. The fourth-order valence-electron chi connectivity index (χ4n) is 3.18. The Morgan fingerprint density at radius 2 is 2.00 bits per heavy atom. The number of benzene rings is 1. The molecule has 0 saturated carbocycles. The van der Waals surface area contributed by atoms with Crippen LogP contribution in [0, 0.1) is 16.7 Å². The molecule has 1 aromatic carbocycles. The fraction of sp³-hybridized carbons (Fsp3) is 0.333. The van der Waals surface area contributed by atoms with Gasteiger partial charge in [0.1, 0.15) is 5.69 Å². The first-order valence-electron chi connectivity index (χ1n) is 8.28. The summed E-state index contributed by atoms with van der Waals surface area (Å²) >= 11 is 6.26. The Hall–Kier alpha value is -2.85. The lowest BCUT2D eigenvalue weighted by Crippen LogP contribution is -2.41. The molecule has 8 heteroatoms. The zero-order valence-electron chi connectivity index (χ0n) is 14.1. The molecular weight excluding hydrogens is 352 g/mol. The van der Waals surface area contributed by atoms with E-state index in [4.69, 9.17) is 22.5 Å². The van der Waals surface area contributed by atoms with E-state index in [1.807, 2.05) is 24.3 Å². The van der Waals surface area contributed by atoms with Gasteiger partial charge in [-0.2, -0.15) is 5.26 Å². The second-order valence-electron chi connectivity index (χ2n) is 6.41. The molecule has 0 unspecified atom stereocenters. The van der Waals surface area contributed by atoms with Crippen molar-refractivity contribution in [3.8, 4) is 6.07 Å². The van der Waals surface area contributed by atoms with Gasteiger partial charge in [0.15, 0.2) is 11.7 Å². The first kappa shape index (κ1) is 18.0. The minimum absolute atomic E-state index is 0.0778. The van der Waals surface area contributed by atoms with Gasteiger partial charge in [-0.25, -0.2) is 0 Å². The van der Waals surface area contributed by atoms with Crippen molar-refractivity contribution in [3.63, 3.8) is 0 Å². The van der Waals surface area contributed by atoms with Crippen molar-refractivity contribution >= 4 is 23.3 Å². The molecule has 0 radical (unpaired) electrons. The standard InChI is InChI=1S/C18H19ClN6O/c19-14-4-2-1-3-13(14)11-18(12-20)7-9-25(10-8-18)16-6-5-15(22-23-16)17(21)24-26/h1-6,26H,7-11H2,(H2,21,24). The summed E-state index contributed by atoms with van der Waals surface area (Å²) in [5, 5.41) is 30.2. The molecular formula is C18H19ClN6O. The SMILES string of the molecule is N#CC1(Cc2ccccc2Cl)CCN(c2ccc(/C(N)=N/O)nn2)CC1. The maximum Gasteiger partial charge on any atom is 0.190 e. The van der Waals surface area contributed by atoms with Crippen LogP contribution in [-0.2, 0) is 6.42 Å². The molecule has 134 valence electrons. The number of halogens is 1. The summed E-state index contributed by atoms with van der Waals surface area (Å²) in [6, 6.07) is 13.6. The van der Waals surface area contributed by atoms with Gasteiger partial charge in [0, 0.05) is 18.1 Å². The highest BCUT2D eigenvalue weighted by Crippen LogP contribution is 2.37. The molecule has 2 aromatic rings. The zero-order valence-corrected chi connectivity index (χ0v) is 14.9. The Morgan fingerprint density at radius 1 is 1.27 bits per heavy atom. The minimum atomic E-state index is -0.428. The van der Waals surface area contributed by atoms with Gasteiger partial charge in [0.2, 0.25) is 0 Å². The lowest BCUT2D eigenvalue weighted by Gasteiger charge is -2.38. The molecule has 0 spiro atoms. The van der Waals surface area contributed by atoms with E-state index in [1.165, 1.54) is 0 Å². The Morgan fingerprint density at radius 3 is 2.58 bits per heavy atom. The quantitative estimate of drug-likeness (QED) is 0.370. The van der Waals surface area contributed by atoms with Gasteiger partial charge in [-0.15, -0.1) is 10.2 Å². The molecule has 1 saturated heterocycles. The summed E-state index contributed by atoms with van der Waals surface area (Å²) in [6.45, 7) is 1.41. The summed E-state index contributed by atoms with van der Waals surface area (Å²) in [4.78, 5) is 2.09. The maximum atomic E-state index is 9.78. The van der Waals surface area contributed by atoms with Crippen molar-refractivity contribution in [2.24, 2.45) is 16.3 Å². The summed E-state index contributed by atoms with van der Waals surface area (Å²) in [5.41, 5.74) is 6.40. The third kappa shape index (κ3) is 3.70. The second kappa shape index (κ2) is 7.58. The smallest absolute Gasteiger partial charge is 0.190 e. The van der Waals surface area contributed by atoms with E-state index >= 15 is 0 Å². The monoisotopic (exact) mass is 370 g/mol. The molecule has 1 fully saturated rings. The van der Waals surface area contributed by atoms with E-state index in [1.54, 1.807) is 12.1 Å². The Kier molecular flexibility index (Phi) is 5.24. The lowest BCUT2D eigenvalue weighted by molar-refractivity contribution is 0.301. The zero-order chi connectivity index (χ0) is 18.6. The lowest BCUT2D eigenvalue weighted by atomic mass is 9.75. The second-order valence-corrected chi connectivity index (χ2v) is 6.82. The number of oxime groups is 1. The van der Waals surface area contributed by atoms with Crippen molar-refractivity contribution < 1.29 is 5.21 Å². The number of anilines is 1. The van der Waals surface area contributed by atoms with Crippen LogP contribution in [0.1, 0.15) is 24.1 Å². The van der Waals surface area contributed by atoms with E-state index in [0.29, 0.717) is 36.0 Å². The first-order valence-corrected chi connectivity index (χ1v) is 8.66. The highest BCUT2D eigenvalue weighted by atomic mass is 35.5. The van der Waals surface area contributed by atoms with Gasteiger partial charge in [0.25, 0.3) is 0 Å². The number of rotatable bonds is 4. The van der Waals surface area contributed by atoms with Gasteiger partial charge in [0.05, 0.1) is 11.5 Å².